The van der Waals surface area contributed by atoms with Crippen LogP contribution < -0.4 is 16.0 Å². The van der Waals surface area contributed by atoms with Crippen molar-refractivity contribution in [3.05, 3.63) is 29.8 Å². The van der Waals surface area contributed by atoms with Gasteiger partial charge in [0, 0.05) is 30.9 Å². The van der Waals surface area contributed by atoms with Crippen LogP contribution in [0.2, 0.25) is 0 Å². The molecule has 3 N–H and O–H groups in total. The fourth-order valence-electron chi connectivity index (χ4n) is 1.92. The number of anilines is 1. The van der Waals surface area contributed by atoms with Crippen molar-refractivity contribution in [1.82, 2.24) is 10.6 Å². The standard InChI is InChI=1S/C14H19N3O3/c1-2-16-13(18)10-3-5-11(6-4-10)17-14(19)12-9-15-7-8-20-12/h3-6,12,15H,2,7-9H2,1H3,(H,16,18)(H,17,19). The summed E-state index contributed by atoms with van der Waals surface area (Å²) in [5.41, 5.74) is 1.22. The van der Waals surface area contributed by atoms with Gasteiger partial charge < -0.3 is 20.7 Å². The van der Waals surface area contributed by atoms with E-state index in [1.54, 1.807) is 24.3 Å². The SMILES string of the molecule is CCNC(=O)c1ccc(NC(=O)C2CNCCO2)cc1. The summed E-state index contributed by atoms with van der Waals surface area (Å²) >= 11 is 0. The van der Waals surface area contributed by atoms with Gasteiger partial charge in [-0.15, -0.1) is 0 Å². The molecule has 6 heteroatoms. The highest BCUT2D eigenvalue weighted by atomic mass is 16.5. The molecule has 0 aliphatic carbocycles. The lowest BCUT2D eigenvalue weighted by atomic mass is 10.2. The molecule has 1 heterocycles. The molecule has 1 aromatic rings. The average molecular weight is 277 g/mol. The van der Waals surface area contributed by atoms with E-state index in [0.717, 1.165) is 6.54 Å². The summed E-state index contributed by atoms with van der Waals surface area (Å²) in [7, 11) is 0. The van der Waals surface area contributed by atoms with Crippen LogP contribution in [0.5, 0.6) is 0 Å². The number of morpholine rings is 1. The summed E-state index contributed by atoms with van der Waals surface area (Å²) in [6.07, 6.45) is -0.466. The molecule has 0 aromatic heterocycles. The zero-order chi connectivity index (χ0) is 14.4. The van der Waals surface area contributed by atoms with Gasteiger partial charge in [-0.1, -0.05) is 0 Å². The molecule has 0 radical (unpaired) electrons. The molecule has 0 spiro atoms. The number of carbonyl (C=O) groups is 2. The van der Waals surface area contributed by atoms with Gasteiger partial charge in [0.05, 0.1) is 6.61 Å². The first-order chi connectivity index (χ1) is 9.70. The Bertz CT molecular complexity index is 467. The summed E-state index contributed by atoms with van der Waals surface area (Å²) in [4.78, 5) is 23.5. The maximum Gasteiger partial charge on any atom is 0.254 e. The van der Waals surface area contributed by atoms with Crippen LogP contribution in [0.15, 0.2) is 24.3 Å². The van der Waals surface area contributed by atoms with Crippen LogP contribution in [0.25, 0.3) is 0 Å². The van der Waals surface area contributed by atoms with Crippen LogP contribution in [-0.4, -0.2) is 44.2 Å². The van der Waals surface area contributed by atoms with Crippen molar-refractivity contribution < 1.29 is 14.3 Å². The predicted octanol–water partition coefficient (Wildman–Crippen LogP) is 0.363. The fourth-order valence-corrected chi connectivity index (χ4v) is 1.92. The van der Waals surface area contributed by atoms with E-state index in [1.165, 1.54) is 0 Å². The predicted molar refractivity (Wildman–Crippen MR) is 75.7 cm³/mol. The molecule has 20 heavy (non-hydrogen) atoms. The van der Waals surface area contributed by atoms with Crippen molar-refractivity contribution in [1.29, 1.82) is 0 Å². The third-order valence-electron chi connectivity index (χ3n) is 2.97. The van der Waals surface area contributed by atoms with E-state index in [0.29, 0.717) is 30.9 Å². The summed E-state index contributed by atoms with van der Waals surface area (Å²) < 4.78 is 5.37. The normalized spacial score (nSPS) is 18.4. The van der Waals surface area contributed by atoms with Crippen LogP contribution in [0.3, 0.4) is 0 Å². The zero-order valence-electron chi connectivity index (χ0n) is 11.4. The fraction of sp³-hybridized carbons (Fsp3) is 0.429. The zero-order valence-corrected chi connectivity index (χ0v) is 11.4. The Morgan fingerprint density at radius 1 is 1.35 bits per heavy atom. The summed E-state index contributed by atoms with van der Waals surface area (Å²) in [6, 6.07) is 6.78. The maximum absolute atomic E-state index is 11.9. The number of benzene rings is 1. The van der Waals surface area contributed by atoms with E-state index >= 15 is 0 Å². The molecule has 2 amide bonds. The van der Waals surface area contributed by atoms with Crippen molar-refractivity contribution in [3.63, 3.8) is 0 Å². The smallest absolute Gasteiger partial charge is 0.254 e. The summed E-state index contributed by atoms with van der Waals surface area (Å²) in [6.45, 7) is 4.27. The Labute approximate surface area is 117 Å². The van der Waals surface area contributed by atoms with E-state index in [-0.39, 0.29) is 11.8 Å². The molecule has 1 atom stereocenters. The first-order valence-corrected chi connectivity index (χ1v) is 6.72. The van der Waals surface area contributed by atoms with E-state index in [9.17, 15) is 9.59 Å². The van der Waals surface area contributed by atoms with Crippen molar-refractivity contribution in [2.75, 3.05) is 31.6 Å². The van der Waals surface area contributed by atoms with Gasteiger partial charge in [-0.2, -0.15) is 0 Å². The molecule has 1 aliphatic rings. The summed E-state index contributed by atoms with van der Waals surface area (Å²) in [5, 5.41) is 8.59. The summed E-state index contributed by atoms with van der Waals surface area (Å²) in [5.74, 6) is -0.298. The van der Waals surface area contributed by atoms with Crippen molar-refractivity contribution >= 4 is 17.5 Å². The van der Waals surface area contributed by atoms with Crippen molar-refractivity contribution in [2.45, 2.75) is 13.0 Å². The number of amides is 2. The molecule has 1 fully saturated rings. The lowest BCUT2D eigenvalue weighted by Gasteiger charge is -2.22. The van der Waals surface area contributed by atoms with Crippen LogP contribution in [0, 0.1) is 0 Å². The molecule has 0 bridgehead atoms. The number of carbonyl (C=O) groups excluding carboxylic acids is 2. The van der Waals surface area contributed by atoms with Crippen molar-refractivity contribution in [2.24, 2.45) is 0 Å². The lowest BCUT2D eigenvalue weighted by molar-refractivity contribution is -0.128. The Morgan fingerprint density at radius 2 is 2.10 bits per heavy atom. The van der Waals surface area contributed by atoms with Crippen LogP contribution >= 0.6 is 0 Å². The molecule has 1 aromatic carbocycles. The minimum atomic E-state index is -0.466. The van der Waals surface area contributed by atoms with Crippen LogP contribution in [-0.2, 0) is 9.53 Å². The largest absolute Gasteiger partial charge is 0.366 e. The Hall–Kier alpha value is -1.92. The molecular weight excluding hydrogens is 258 g/mol. The van der Waals surface area contributed by atoms with Gasteiger partial charge in [-0.05, 0) is 31.2 Å². The maximum atomic E-state index is 11.9. The van der Waals surface area contributed by atoms with Gasteiger partial charge in [0.1, 0.15) is 6.10 Å². The molecule has 0 saturated carbocycles. The highest BCUT2D eigenvalue weighted by Crippen LogP contribution is 2.11. The van der Waals surface area contributed by atoms with Crippen LogP contribution in [0.1, 0.15) is 17.3 Å². The van der Waals surface area contributed by atoms with Gasteiger partial charge in [-0.3, -0.25) is 9.59 Å². The highest BCUT2D eigenvalue weighted by molar-refractivity contribution is 5.96. The Kier molecular flexibility index (Phi) is 5.09. The second-order valence-corrected chi connectivity index (χ2v) is 4.49. The van der Waals surface area contributed by atoms with Crippen LogP contribution in [0.4, 0.5) is 5.69 Å². The molecule has 2 rings (SSSR count). The van der Waals surface area contributed by atoms with E-state index in [4.69, 9.17) is 4.74 Å². The van der Waals surface area contributed by atoms with E-state index in [2.05, 4.69) is 16.0 Å². The van der Waals surface area contributed by atoms with Gasteiger partial charge in [-0.25, -0.2) is 0 Å². The molecule has 1 aliphatic heterocycles. The first-order valence-electron chi connectivity index (χ1n) is 6.72. The number of nitrogens with one attached hydrogen (secondary N) is 3. The number of ether oxygens (including phenoxy) is 1. The second-order valence-electron chi connectivity index (χ2n) is 4.49. The van der Waals surface area contributed by atoms with E-state index in [1.807, 2.05) is 6.92 Å². The molecule has 6 nitrogen and oxygen atoms in total. The van der Waals surface area contributed by atoms with Gasteiger partial charge in [0.25, 0.3) is 11.8 Å². The molecule has 108 valence electrons. The van der Waals surface area contributed by atoms with Gasteiger partial charge in [0.2, 0.25) is 0 Å². The third kappa shape index (κ3) is 3.79. The molecule has 1 saturated heterocycles. The number of hydrogen-bond acceptors (Lipinski definition) is 4. The first kappa shape index (κ1) is 14.5. The van der Waals surface area contributed by atoms with Gasteiger partial charge in [0.15, 0.2) is 0 Å². The number of hydrogen-bond donors (Lipinski definition) is 3. The lowest BCUT2D eigenvalue weighted by Crippen LogP contribution is -2.45. The molecule has 1 unspecified atom stereocenters. The minimum absolute atomic E-state index is 0.120. The quantitative estimate of drug-likeness (QED) is 0.742. The molecular formula is C14H19N3O3. The van der Waals surface area contributed by atoms with Crippen molar-refractivity contribution in [3.8, 4) is 0 Å². The topological polar surface area (TPSA) is 79.5 Å². The monoisotopic (exact) mass is 277 g/mol. The number of rotatable bonds is 4. The Balaban J connectivity index is 1.92. The second kappa shape index (κ2) is 7.02. The van der Waals surface area contributed by atoms with E-state index < -0.39 is 6.10 Å². The average Bonchev–Trinajstić information content (AvgIpc) is 2.49. The third-order valence-corrected chi connectivity index (χ3v) is 2.97. The minimum Gasteiger partial charge on any atom is -0.366 e. The highest BCUT2D eigenvalue weighted by Gasteiger charge is 2.21. The Morgan fingerprint density at radius 3 is 2.70 bits per heavy atom. The van der Waals surface area contributed by atoms with Gasteiger partial charge >= 0.3 is 0 Å².